The lowest BCUT2D eigenvalue weighted by molar-refractivity contribution is 0.0942. The number of nitrogens with one attached hydrogen (secondary N) is 1. The van der Waals surface area contributed by atoms with Crippen LogP contribution in [0, 0.1) is 5.92 Å². The van der Waals surface area contributed by atoms with Crippen LogP contribution in [0.25, 0.3) is 16.9 Å². The van der Waals surface area contributed by atoms with Crippen LogP contribution in [0.2, 0.25) is 0 Å². The standard InChI is InChI=1S/C24H30N6O/c1-28-13-10-18(17-28)16-25-24(31)21-14-22-26-20(19-8-4-2-5-9-19)15-23(30(22)27-21)29-11-6-3-7-12-29/h2,4-5,8-9,14-15,18H,3,6-7,10-13,16-17H2,1H3,(H,25,31). The topological polar surface area (TPSA) is 65.8 Å². The number of fused-ring (bicyclic) bond motifs is 1. The minimum atomic E-state index is -0.120. The predicted molar refractivity (Wildman–Crippen MR) is 122 cm³/mol. The molecule has 7 nitrogen and oxygen atoms in total. The van der Waals surface area contributed by atoms with E-state index in [4.69, 9.17) is 4.98 Å². The van der Waals surface area contributed by atoms with Crippen LogP contribution in [-0.2, 0) is 0 Å². The van der Waals surface area contributed by atoms with Crippen molar-refractivity contribution in [1.29, 1.82) is 0 Å². The van der Waals surface area contributed by atoms with Crippen LogP contribution in [0.3, 0.4) is 0 Å². The Morgan fingerprint density at radius 1 is 1.10 bits per heavy atom. The normalized spacial score (nSPS) is 19.8. The number of carbonyl (C=O) groups excluding carboxylic acids is 1. The van der Waals surface area contributed by atoms with E-state index in [0.717, 1.165) is 49.7 Å². The predicted octanol–water partition coefficient (Wildman–Crippen LogP) is 3.07. The Morgan fingerprint density at radius 3 is 2.65 bits per heavy atom. The van der Waals surface area contributed by atoms with Crippen molar-refractivity contribution in [3.8, 4) is 11.3 Å². The fourth-order valence-electron chi connectivity index (χ4n) is 4.70. The van der Waals surface area contributed by atoms with Crippen molar-refractivity contribution in [2.24, 2.45) is 5.92 Å². The molecule has 2 aliphatic heterocycles. The van der Waals surface area contributed by atoms with Crippen LogP contribution in [0.15, 0.2) is 42.5 Å². The van der Waals surface area contributed by atoms with Crippen molar-refractivity contribution in [2.75, 3.05) is 44.7 Å². The average Bonchev–Trinajstić information content (AvgIpc) is 3.44. The number of rotatable bonds is 5. The van der Waals surface area contributed by atoms with Crippen molar-refractivity contribution in [3.05, 3.63) is 48.2 Å². The van der Waals surface area contributed by atoms with E-state index in [2.05, 4.69) is 45.5 Å². The number of likely N-dealkylation sites (tertiary alicyclic amines) is 1. The third-order valence-electron chi connectivity index (χ3n) is 6.43. The van der Waals surface area contributed by atoms with E-state index < -0.39 is 0 Å². The molecule has 0 spiro atoms. The minimum Gasteiger partial charge on any atom is -0.356 e. The molecule has 2 aromatic heterocycles. The molecule has 1 atom stereocenters. The summed E-state index contributed by atoms with van der Waals surface area (Å²) in [5.74, 6) is 1.41. The van der Waals surface area contributed by atoms with Crippen LogP contribution in [0.5, 0.6) is 0 Å². The molecular formula is C24H30N6O. The van der Waals surface area contributed by atoms with Crippen molar-refractivity contribution >= 4 is 17.4 Å². The summed E-state index contributed by atoms with van der Waals surface area (Å²) in [6.07, 6.45) is 4.74. The smallest absolute Gasteiger partial charge is 0.271 e. The van der Waals surface area contributed by atoms with Crippen molar-refractivity contribution in [2.45, 2.75) is 25.7 Å². The first-order valence-corrected chi connectivity index (χ1v) is 11.4. The molecule has 0 radical (unpaired) electrons. The zero-order chi connectivity index (χ0) is 21.2. The average molecular weight is 419 g/mol. The molecule has 1 amide bonds. The molecule has 0 saturated carbocycles. The van der Waals surface area contributed by atoms with E-state index in [-0.39, 0.29) is 5.91 Å². The highest BCUT2D eigenvalue weighted by Gasteiger charge is 2.22. The van der Waals surface area contributed by atoms with Crippen LogP contribution in [0.4, 0.5) is 5.82 Å². The number of benzene rings is 1. The van der Waals surface area contributed by atoms with Gasteiger partial charge in [0.15, 0.2) is 11.3 Å². The summed E-state index contributed by atoms with van der Waals surface area (Å²) in [5.41, 5.74) is 3.13. The number of anilines is 1. The lowest BCUT2D eigenvalue weighted by Crippen LogP contribution is -2.32. The first-order valence-electron chi connectivity index (χ1n) is 11.4. The molecule has 7 heteroatoms. The second-order valence-corrected chi connectivity index (χ2v) is 8.84. The van der Waals surface area contributed by atoms with Crippen molar-refractivity contribution in [3.63, 3.8) is 0 Å². The van der Waals surface area contributed by atoms with E-state index in [9.17, 15) is 4.79 Å². The molecule has 31 heavy (non-hydrogen) atoms. The van der Waals surface area contributed by atoms with Gasteiger partial charge in [-0.05, 0) is 45.2 Å². The van der Waals surface area contributed by atoms with E-state index >= 15 is 0 Å². The van der Waals surface area contributed by atoms with Crippen LogP contribution < -0.4 is 10.2 Å². The highest BCUT2D eigenvalue weighted by atomic mass is 16.1. The maximum Gasteiger partial charge on any atom is 0.271 e. The highest BCUT2D eigenvalue weighted by molar-refractivity contribution is 5.93. The highest BCUT2D eigenvalue weighted by Crippen LogP contribution is 2.27. The van der Waals surface area contributed by atoms with Crippen LogP contribution in [0.1, 0.15) is 36.2 Å². The molecule has 1 aromatic carbocycles. The number of hydrogen-bond acceptors (Lipinski definition) is 5. The van der Waals surface area contributed by atoms with Crippen molar-refractivity contribution < 1.29 is 4.79 Å². The number of aromatic nitrogens is 3. The van der Waals surface area contributed by atoms with Gasteiger partial charge in [-0.2, -0.15) is 9.61 Å². The lowest BCUT2D eigenvalue weighted by atomic mass is 10.1. The number of nitrogens with zero attached hydrogens (tertiary/aromatic N) is 5. The lowest BCUT2D eigenvalue weighted by Gasteiger charge is -2.29. The molecule has 0 bridgehead atoms. The molecule has 3 aromatic rings. The van der Waals surface area contributed by atoms with Gasteiger partial charge in [0.25, 0.3) is 5.91 Å². The zero-order valence-corrected chi connectivity index (χ0v) is 18.1. The van der Waals surface area contributed by atoms with Crippen molar-refractivity contribution in [1.82, 2.24) is 24.8 Å². The fraction of sp³-hybridized carbons (Fsp3) is 0.458. The second-order valence-electron chi connectivity index (χ2n) is 8.84. The molecule has 4 heterocycles. The Kier molecular flexibility index (Phi) is 5.59. The third kappa shape index (κ3) is 4.28. The van der Waals surface area contributed by atoms with E-state index in [1.54, 1.807) is 0 Å². The molecule has 1 N–H and O–H groups in total. The molecule has 2 saturated heterocycles. The molecule has 1 unspecified atom stereocenters. The van der Waals surface area contributed by atoms with Gasteiger partial charge < -0.3 is 15.1 Å². The zero-order valence-electron chi connectivity index (χ0n) is 18.1. The van der Waals surface area contributed by atoms with Gasteiger partial charge in [0.2, 0.25) is 0 Å². The first kappa shape index (κ1) is 20.0. The Bertz CT molecular complexity index is 1060. The molecular weight excluding hydrogens is 388 g/mol. The Balaban J connectivity index is 1.46. The van der Waals surface area contributed by atoms with Gasteiger partial charge >= 0.3 is 0 Å². The van der Waals surface area contributed by atoms with E-state index in [1.165, 1.54) is 19.3 Å². The van der Waals surface area contributed by atoms with Gasteiger partial charge in [0.05, 0.1) is 5.69 Å². The fourth-order valence-corrected chi connectivity index (χ4v) is 4.70. The maximum atomic E-state index is 12.9. The Morgan fingerprint density at radius 2 is 1.90 bits per heavy atom. The number of piperidine rings is 1. The quantitative estimate of drug-likeness (QED) is 0.690. The molecule has 2 aliphatic rings. The van der Waals surface area contributed by atoms with Gasteiger partial charge in [0.1, 0.15) is 5.82 Å². The van der Waals surface area contributed by atoms with Gasteiger partial charge in [-0.3, -0.25) is 4.79 Å². The van der Waals surface area contributed by atoms with Gasteiger partial charge in [0, 0.05) is 43.9 Å². The SMILES string of the molecule is CN1CCC(CNC(=O)c2cc3nc(-c4ccccc4)cc(N4CCCCC4)n3n2)C1. The maximum absolute atomic E-state index is 12.9. The largest absolute Gasteiger partial charge is 0.356 e. The molecule has 162 valence electrons. The Labute approximate surface area is 183 Å². The summed E-state index contributed by atoms with van der Waals surface area (Å²) in [5, 5.41) is 7.76. The summed E-state index contributed by atoms with van der Waals surface area (Å²) in [6, 6.07) is 14.1. The molecule has 0 aliphatic carbocycles. The first-order chi connectivity index (χ1) is 15.2. The van der Waals surface area contributed by atoms with E-state index in [0.29, 0.717) is 23.8 Å². The summed E-state index contributed by atoms with van der Waals surface area (Å²) >= 11 is 0. The monoisotopic (exact) mass is 418 g/mol. The minimum absolute atomic E-state index is 0.120. The van der Waals surface area contributed by atoms with Crippen LogP contribution >= 0.6 is 0 Å². The molecule has 5 rings (SSSR count). The number of hydrogen-bond donors (Lipinski definition) is 1. The summed E-state index contributed by atoms with van der Waals surface area (Å²) in [7, 11) is 2.13. The third-order valence-corrected chi connectivity index (χ3v) is 6.43. The van der Waals surface area contributed by atoms with Crippen LogP contribution in [-0.4, -0.2) is 65.2 Å². The van der Waals surface area contributed by atoms with Gasteiger partial charge in [-0.1, -0.05) is 30.3 Å². The molecule has 2 fully saturated rings. The van der Waals surface area contributed by atoms with Gasteiger partial charge in [-0.25, -0.2) is 4.98 Å². The summed E-state index contributed by atoms with van der Waals surface area (Å²) in [4.78, 5) is 22.4. The summed E-state index contributed by atoms with van der Waals surface area (Å²) in [6.45, 7) is 4.83. The Hall–Kier alpha value is -2.93. The van der Waals surface area contributed by atoms with Gasteiger partial charge in [-0.15, -0.1) is 0 Å². The second kappa shape index (κ2) is 8.67. The summed E-state index contributed by atoms with van der Waals surface area (Å²) < 4.78 is 1.84. The van der Waals surface area contributed by atoms with E-state index in [1.807, 2.05) is 28.8 Å². The number of carbonyl (C=O) groups is 1. The number of amides is 1.